The summed E-state index contributed by atoms with van der Waals surface area (Å²) in [6, 6.07) is 0. The second-order valence-electron chi connectivity index (χ2n) is 1.60. The van der Waals surface area contributed by atoms with Gasteiger partial charge in [0.2, 0.25) is 0 Å². The van der Waals surface area contributed by atoms with Crippen LogP contribution in [0.4, 0.5) is 0 Å². The summed E-state index contributed by atoms with van der Waals surface area (Å²) in [7, 11) is 0. The van der Waals surface area contributed by atoms with Crippen LogP contribution in [0.1, 0.15) is 26.2 Å². The van der Waals surface area contributed by atoms with Gasteiger partial charge < -0.3 is 4.79 Å². The first-order valence-corrected chi connectivity index (χ1v) is 2.76. The van der Waals surface area contributed by atoms with Gasteiger partial charge in [-0.2, -0.15) is 0 Å². The molecule has 0 aromatic rings. The van der Waals surface area contributed by atoms with Crippen LogP contribution in [0.15, 0.2) is 0 Å². The van der Waals surface area contributed by atoms with Gasteiger partial charge in [0, 0.05) is 41.6 Å². The zero-order valence-corrected chi connectivity index (χ0v) is 7.66. The van der Waals surface area contributed by atoms with Gasteiger partial charge in [-0.3, -0.25) is 4.79 Å². The molecule has 3 heteroatoms. The first kappa shape index (κ1) is 11.8. The molecule has 51 valence electrons. The van der Waals surface area contributed by atoms with E-state index in [2.05, 4.69) is 0 Å². The number of hydrogen-bond acceptors (Lipinski definition) is 2. The number of ketones is 1. The summed E-state index contributed by atoms with van der Waals surface area (Å²) in [6.45, 7) is 1.80. The van der Waals surface area contributed by atoms with Crippen molar-refractivity contribution < 1.29 is 32.0 Å². The second-order valence-corrected chi connectivity index (χ2v) is 1.60. The molecule has 0 saturated carbocycles. The number of rotatable bonds is 4. The molecule has 9 heavy (non-hydrogen) atoms. The number of hydrogen-bond donors (Lipinski definition) is 0. The van der Waals surface area contributed by atoms with E-state index in [1.165, 1.54) is 0 Å². The third-order valence-corrected chi connectivity index (χ3v) is 0.935. The normalized spacial score (nSPS) is 7.67. The van der Waals surface area contributed by atoms with E-state index in [-0.39, 0.29) is 28.2 Å². The average molecular weight is 207 g/mol. The van der Waals surface area contributed by atoms with Crippen LogP contribution in [-0.4, -0.2) is 12.1 Å². The van der Waals surface area contributed by atoms with Crippen molar-refractivity contribution in [1.29, 1.82) is 0 Å². The molecule has 0 aliphatic carbocycles. The maximum Gasteiger partial charge on any atom is 0.133 e. The first-order chi connectivity index (χ1) is 3.81. The summed E-state index contributed by atoms with van der Waals surface area (Å²) in [5.74, 6) is 0.164. The fourth-order valence-corrected chi connectivity index (χ4v) is 0.397. The van der Waals surface area contributed by atoms with E-state index >= 15 is 0 Å². The van der Waals surface area contributed by atoms with E-state index in [0.717, 1.165) is 6.29 Å². The quantitative estimate of drug-likeness (QED) is 0.507. The first-order valence-electron chi connectivity index (χ1n) is 2.76. The van der Waals surface area contributed by atoms with Gasteiger partial charge in [0.1, 0.15) is 12.1 Å². The van der Waals surface area contributed by atoms with E-state index in [9.17, 15) is 9.59 Å². The Morgan fingerprint density at radius 1 is 1.56 bits per heavy atom. The minimum atomic E-state index is 0. The Kier molecular flexibility index (Phi) is 10.6. The fourth-order valence-electron chi connectivity index (χ4n) is 0.397. The minimum absolute atomic E-state index is 0. The topological polar surface area (TPSA) is 34.1 Å². The van der Waals surface area contributed by atoms with Crippen LogP contribution in [0.2, 0.25) is 0 Å². The molecule has 0 rings (SSSR count). The monoisotopic (exact) mass is 207 g/mol. The number of carbonyl (C=O) groups excluding carboxylic acids is 2. The minimum Gasteiger partial charge on any atom is -0.303 e. The van der Waals surface area contributed by atoms with Gasteiger partial charge in [0.15, 0.2) is 0 Å². The molecule has 0 atom stereocenters. The summed E-state index contributed by atoms with van der Waals surface area (Å²) in [5, 5.41) is 0. The SMILES string of the molecule is CCC(=O)CCC=O.[Nb]. The largest absolute Gasteiger partial charge is 0.303 e. The predicted molar refractivity (Wildman–Crippen MR) is 30.6 cm³/mol. The third kappa shape index (κ3) is 8.08. The Bertz CT molecular complexity index is 91.1. The van der Waals surface area contributed by atoms with Crippen molar-refractivity contribution in [3.8, 4) is 0 Å². The smallest absolute Gasteiger partial charge is 0.133 e. The maximum absolute atomic E-state index is 10.4. The molecule has 0 amide bonds. The molecule has 0 aromatic carbocycles. The van der Waals surface area contributed by atoms with E-state index in [4.69, 9.17) is 0 Å². The van der Waals surface area contributed by atoms with Crippen molar-refractivity contribution in [3.05, 3.63) is 0 Å². The third-order valence-electron chi connectivity index (χ3n) is 0.935. The van der Waals surface area contributed by atoms with Gasteiger partial charge >= 0.3 is 0 Å². The van der Waals surface area contributed by atoms with Crippen LogP contribution >= 0.6 is 0 Å². The summed E-state index contributed by atoms with van der Waals surface area (Å²) in [4.78, 5) is 20.1. The molecule has 0 saturated heterocycles. The van der Waals surface area contributed by atoms with Crippen molar-refractivity contribution in [2.75, 3.05) is 0 Å². The number of carbonyl (C=O) groups is 2. The van der Waals surface area contributed by atoms with Gasteiger partial charge in [0.25, 0.3) is 0 Å². The molecule has 0 spiro atoms. The predicted octanol–water partition coefficient (Wildman–Crippen LogP) is 0.942. The summed E-state index contributed by atoms with van der Waals surface area (Å²) >= 11 is 0. The second kappa shape index (κ2) is 8.08. The Hall–Kier alpha value is 0.0803. The van der Waals surface area contributed by atoms with Crippen molar-refractivity contribution in [2.45, 2.75) is 26.2 Å². The molecule has 0 unspecified atom stereocenters. The van der Waals surface area contributed by atoms with Crippen LogP contribution in [0.25, 0.3) is 0 Å². The van der Waals surface area contributed by atoms with Gasteiger partial charge in [-0.05, 0) is 0 Å². The van der Waals surface area contributed by atoms with Crippen molar-refractivity contribution in [1.82, 2.24) is 0 Å². The molecule has 1 radical (unpaired) electrons. The summed E-state index contributed by atoms with van der Waals surface area (Å²) < 4.78 is 0. The van der Waals surface area contributed by atoms with Crippen molar-refractivity contribution in [2.24, 2.45) is 0 Å². The van der Waals surface area contributed by atoms with E-state index in [1.54, 1.807) is 6.92 Å². The molecule has 0 N–H and O–H groups in total. The maximum atomic E-state index is 10.4. The van der Waals surface area contributed by atoms with Crippen molar-refractivity contribution in [3.63, 3.8) is 0 Å². The molecule has 0 aliphatic rings. The summed E-state index contributed by atoms with van der Waals surface area (Å²) in [6.07, 6.45) is 2.12. The standard InChI is InChI=1S/C6H10O2.Nb/c1-2-6(8)4-3-5-7;/h5H,2-4H2,1H3;. The van der Waals surface area contributed by atoms with Gasteiger partial charge in [-0.15, -0.1) is 0 Å². The average Bonchev–Trinajstić information content (AvgIpc) is 1.83. The molecular formula is C6H10NbO2. The van der Waals surface area contributed by atoms with E-state index < -0.39 is 0 Å². The Morgan fingerprint density at radius 3 is 2.44 bits per heavy atom. The molecule has 0 aromatic heterocycles. The molecule has 0 fully saturated rings. The van der Waals surface area contributed by atoms with Gasteiger partial charge in [-0.1, -0.05) is 6.92 Å². The Balaban J connectivity index is 0. The zero-order chi connectivity index (χ0) is 6.41. The molecular weight excluding hydrogens is 197 g/mol. The fraction of sp³-hybridized carbons (Fsp3) is 0.667. The Morgan fingerprint density at radius 2 is 2.11 bits per heavy atom. The molecule has 2 nitrogen and oxygen atoms in total. The van der Waals surface area contributed by atoms with Crippen LogP contribution in [0.5, 0.6) is 0 Å². The molecule has 0 bridgehead atoms. The summed E-state index contributed by atoms with van der Waals surface area (Å²) in [5.41, 5.74) is 0. The Labute approximate surface area is 70.5 Å². The zero-order valence-electron chi connectivity index (χ0n) is 5.46. The number of aldehydes is 1. The van der Waals surface area contributed by atoms with Crippen LogP contribution in [0, 0.1) is 0 Å². The van der Waals surface area contributed by atoms with E-state index in [1.807, 2.05) is 0 Å². The van der Waals surface area contributed by atoms with Crippen LogP contribution in [-0.2, 0) is 32.0 Å². The molecule has 0 aliphatic heterocycles. The van der Waals surface area contributed by atoms with Gasteiger partial charge in [-0.25, -0.2) is 0 Å². The van der Waals surface area contributed by atoms with E-state index in [0.29, 0.717) is 19.3 Å². The van der Waals surface area contributed by atoms with Crippen LogP contribution < -0.4 is 0 Å². The molecule has 0 heterocycles. The van der Waals surface area contributed by atoms with Gasteiger partial charge in [0.05, 0.1) is 0 Å². The number of Topliss-reactive ketones (excluding diaryl/α,β-unsaturated/α-hetero) is 1. The van der Waals surface area contributed by atoms with Crippen molar-refractivity contribution >= 4 is 12.1 Å². The van der Waals surface area contributed by atoms with Crippen LogP contribution in [0.3, 0.4) is 0 Å².